The molecule has 0 unspecified atom stereocenters. The van der Waals surface area contributed by atoms with Crippen LogP contribution in [0.3, 0.4) is 0 Å². The highest BCUT2D eigenvalue weighted by Gasteiger charge is 2.23. The molecule has 0 aliphatic carbocycles. The average Bonchev–Trinajstić information content (AvgIpc) is 3.33. The van der Waals surface area contributed by atoms with Gasteiger partial charge in [0.05, 0.1) is 6.54 Å². The molecule has 0 fully saturated rings. The molecule has 33 heavy (non-hydrogen) atoms. The minimum atomic E-state index is -0.326. The number of carbonyl (C=O) groups excluding carboxylic acids is 2. The van der Waals surface area contributed by atoms with Crippen molar-refractivity contribution in [1.29, 1.82) is 0 Å². The summed E-state index contributed by atoms with van der Waals surface area (Å²) in [5.41, 5.74) is 1.28. The summed E-state index contributed by atoms with van der Waals surface area (Å²) >= 11 is 7.51. The Morgan fingerprint density at radius 1 is 1.00 bits per heavy atom. The molecule has 0 spiro atoms. The summed E-state index contributed by atoms with van der Waals surface area (Å²) in [6.07, 6.45) is 0.603. The van der Waals surface area contributed by atoms with Gasteiger partial charge in [0.15, 0.2) is 0 Å². The lowest BCUT2D eigenvalue weighted by Crippen LogP contribution is -2.43. The van der Waals surface area contributed by atoms with Gasteiger partial charge in [-0.3, -0.25) is 9.59 Å². The zero-order chi connectivity index (χ0) is 23.6. The van der Waals surface area contributed by atoms with E-state index in [0.29, 0.717) is 43.2 Å². The van der Waals surface area contributed by atoms with Crippen LogP contribution in [0, 0.1) is 5.82 Å². The van der Waals surface area contributed by atoms with Gasteiger partial charge in [0, 0.05) is 42.3 Å². The summed E-state index contributed by atoms with van der Waals surface area (Å²) in [6.45, 7) is 1.52. The van der Waals surface area contributed by atoms with Crippen LogP contribution in [0.4, 0.5) is 4.39 Å². The lowest BCUT2D eigenvalue weighted by Gasteiger charge is -2.28. The Balaban J connectivity index is 1.78. The van der Waals surface area contributed by atoms with E-state index >= 15 is 0 Å². The third-order valence-electron chi connectivity index (χ3n) is 5.05. The number of hydrogen-bond acceptors (Lipinski definition) is 4. The monoisotopic (exact) mass is 488 g/mol. The molecule has 8 heteroatoms. The van der Waals surface area contributed by atoms with E-state index < -0.39 is 0 Å². The Bertz CT molecular complexity index is 1030. The second-order valence-corrected chi connectivity index (χ2v) is 9.00. The van der Waals surface area contributed by atoms with E-state index in [4.69, 9.17) is 16.3 Å². The van der Waals surface area contributed by atoms with Crippen molar-refractivity contribution in [3.8, 4) is 0 Å². The summed E-state index contributed by atoms with van der Waals surface area (Å²) < 4.78 is 18.5. The number of carbonyl (C=O) groups is 2. The topological polar surface area (TPSA) is 49.9 Å². The van der Waals surface area contributed by atoms with E-state index in [2.05, 4.69) is 0 Å². The van der Waals surface area contributed by atoms with Crippen LogP contribution < -0.4 is 0 Å². The van der Waals surface area contributed by atoms with Gasteiger partial charge in [0.25, 0.3) is 5.91 Å². The molecule has 2 amide bonds. The number of methoxy groups -OCH3 is 1. The quantitative estimate of drug-likeness (QED) is 0.346. The number of ether oxygens (including phenoxy) is 1. The van der Waals surface area contributed by atoms with Crippen molar-refractivity contribution >= 4 is 34.8 Å². The first kappa shape index (κ1) is 24.9. The largest absolute Gasteiger partial charge is 0.385 e. The van der Waals surface area contributed by atoms with Crippen molar-refractivity contribution in [2.75, 3.05) is 26.8 Å². The Hall–Kier alpha value is -2.74. The molecule has 3 aromatic rings. The van der Waals surface area contributed by atoms with Gasteiger partial charge in [-0.1, -0.05) is 29.8 Å². The summed E-state index contributed by atoms with van der Waals surface area (Å²) in [5, 5.41) is 2.49. The van der Waals surface area contributed by atoms with Crippen molar-refractivity contribution in [3.63, 3.8) is 0 Å². The van der Waals surface area contributed by atoms with Crippen LogP contribution in [0.2, 0.25) is 5.02 Å². The zero-order valence-electron chi connectivity index (χ0n) is 18.4. The van der Waals surface area contributed by atoms with Crippen molar-refractivity contribution in [2.45, 2.75) is 19.5 Å². The molecular weight excluding hydrogens is 463 g/mol. The number of nitrogens with zero attached hydrogens (tertiary/aromatic N) is 2. The van der Waals surface area contributed by atoms with Gasteiger partial charge in [-0.15, -0.1) is 11.3 Å². The molecule has 0 saturated heterocycles. The molecule has 2 aromatic carbocycles. The van der Waals surface area contributed by atoms with Crippen molar-refractivity contribution in [3.05, 3.63) is 92.9 Å². The number of benzene rings is 2. The maximum Gasteiger partial charge on any atom is 0.254 e. The zero-order valence-corrected chi connectivity index (χ0v) is 19.9. The summed E-state index contributed by atoms with van der Waals surface area (Å²) in [4.78, 5) is 30.8. The maximum absolute atomic E-state index is 13.4. The lowest BCUT2D eigenvalue weighted by atomic mass is 10.1. The molecule has 1 aromatic heterocycles. The van der Waals surface area contributed by atoms with Gasteiger partial charge in [0.2, 0.25) is 5.91 Å². The van der Waals surface area contributed by atoms with Crippen LogP contribution in [0.5, 0.6) is 0 Å². The number of amides is 2. The Labute approximate surface area is 202 Å². The molecular formula is C25H26ClFN2O3S. The first-order chi connectivity index (χ1) is 16.0. The van der Waals surface area contributed by atoms with Crippen LogP contribution in [0.1, 0.15) is 27.2 Å². The van der Waals surface area contributed by atoms with Crippen LogP contribution in [0.15, 0.2) is 66.0 Å². The maximum atomic E-state index is 13.4. The predicted molar refractivity (Wildman–Crippen MR) is 129 cm³/mol. The van der Waals surface area contributed by atoms with Gasteiger partial charge in [-0.25, -0.2) is 4.39 Å². The molecule has 3 rings (SSSR count). The number of halogens is 2. The fraction of sp³-hybridized carbons (Fsp3) is 0.280. The van der Waals surface area contributed by atoms with Gasteiger partial charge in [-0.2, -0.15) is 0 Å². The average molecular weight is 489 g/mol. The normalized spacial score (nSPS) is 10.8. The van der Waals surface area contributed by atoms with Gasteiger partial charge >= 0.3 is 0 Å². The minimum absolute atomic E-state index is 0.0717. The second-order valence-electron chi connectivity index (χ2n) is 7.54. The Morgan fingerprint density at radius 2 is 1.73 bits per heavy atom. The molecule has 0 aliphatic rings. The third-order valence-corrected chi connectivity index (χ3v) is 6.16. The minimum Gasteiger partial charge on any atom is -0.385 e. The number of rotatable bonds is 11. The van der Waals surface area contributed by atoms with E-state index in [-0.39, 0.29) is 24.2 Å². The lowest BCUT2D eigenvalue weighted by molar-refractivity contribution is -0.133. The Morgan fingerprint density at radius 3 is 2.36 bits per heavy atom. The Kier molecular flexibility index (Phi) is 9.42. The summed E-state index contributed by atoms with van der Waals surface area (Å²) in [7, 11) is 1.60. The molecule has 0 atom stereocenters. The van der Waals surface area contributed by atoms with Gasteiger partial charge in [0.1, 0.15) is 12.4 Å². The van der Waals surface area contributed by atoms with E-state index in [9.17, 15) is 14.0 Å². The first-order valence-electron chi connectivity index (χ1n) is 10.5. The van der Waals surface area contributed by atoms with E-state index in [0.717, 1.165) is 10.4 Å². The van der Waals surface area contributed by atoms with Crippen LogP contribution in [-0.2, 0) is 22.6 Å². The third kappa shape index (κ3) is 7.67. The second kappa shape index (κ2) is 12.5. The van der Waals surface area contributed by atoms with Crippen molar-refractivity contribution < 1.29 is 18.7 Å². The van der Waals surface area contributed by atoms with Crippen molar-refractivity contribution in [1.82, 2.24) is 9.80 Å². The van der Waals surface area contributed by atoms with E-state index in [1.165, 1.54) is 17.0 Å². The summed E-state index contributed by atoms with van der Waals surface area (Å²) in [5.74, 6) is -0.755. The highest BCUT2D eigenvalue weighted by atomic mass is 35.5. The van der Waals surface area contributed by atoms with E-state index in [1.807, 2.05) is 17.5 Å². The van der Waals surface area contributed by atoms with E-state index in [1.54, 1.807) is 59.7 Å². The van der Waals surface area contributed by atoms with Crippen LogP contribution >= 0.6 is 22.9 Å². The smallest absolute Gasteiger partial charge is 0.254 e. The molecule has 0 N–H and O–H groups in total. The van der Waals surface area contributed by atoms with Crippen LogP contribution in [-0.4, -0.2) is 48.4 Å². The highest BCUT2D eigenvalue weighted by Crippen LogP contribution is 2.17. The molecule has 0 saturated carbocycles. The molecule has 1 heterocycles. The number of hydrogen-bond donors (Lipinski definition) is 0. The molecule has 174 valence electrons. The van der Waals surface area contributed by atoms with Gasteiger partial charge < -0.3 is 14.5 Å². The SMILES string of the molecule is COCCCN(CC(=O)N(Cc1ccc(F)cc1)Cc1cccs1)C(=O)c1ccc(Cl)cc1. The fourth-order valence-corrected chi connectivity index (χ4v) is 4.17. The van der Waals surface area contributed by atoms with Gasteiger partial charge in [-0.05, 0) is 59.8 Å². The van der Waals surface area contributed by atoms with Crippen molar-refractivity contribution in [2.24, 2.45) is 0 Å². The molecule has 0 bridgehead atoms. The fourth-order valence-electron chi connectivity index (χ4n) is 3.32. The standard InChI is InChI=1S/C25H26ClFN2O3S/c1-32-14-3-13-28(25(31)20-7-9-21(26)10-8-20)18-24(30)29(17-23-4-2-15-33-23)16-19-5-11-22(27)12-6-19/h2,4-12,15H,3,13-14,16-18H2,1H3. The van der Waals surface area contributed by atoms with Crippen LogP contribution in [0.25, 0.3) is 0 Å². The molecule has 0 radical (unpaired) electrons. The predicted octanol–water partition coefficient (Wildman–Crippen LogP) is 5.25. The summed E-state index contributed by atoms with van der Waals surface area (Å²) in [6, 6.07) is 16.6. The highest BCUT2D eigenvalue weighted by molar-refractivity contribution is 7.09. The number of thiophene rings is 1. The molecule has 0 aliphatic heterocycles. The molecule has 5 nitrogen and oxygen atoms in total. The first-order valence-corrected chi connectivity index (χ1v) is 11.8.